The molecule has 8 nitrogen and oxygen atoms in total. The fourth-order valence-corrected chi connectivity index (χ4v) is 4.47. The molecule has 1 N–H and O–H groups in total. The summed E-state index contributed by atoms with van der Waals surface area (Å²) in [7, 11) is 1.99. The number of aryl methyl sites for hydroxylation is 3. The molecule has 1 aliphatic heterocycles. The van der Waals surface area contributed by atoms with Crippen molar-refractivity contribution in [2.75, 3.05) is 17.3 Å². The molecule has 0 aliphatic carbocycles. The first kappa shape index (κ1) is 26.5. The van der Waals surface area contributed by atoms with E-state index in [9.17, 15) is 4.79 Å². The number of likely N-dealkylation sites (N-methyl/N-ethyl adjacent to an activating group) is 1. The highest BCUT2D eigenvalue weighted by Crippen LogP contribution is 2.35. The molecule has 0 spiro atoms. The molecule has 0 radical (unpaired) electrons. The van der Waals surface area contributed by atoms with Crippen LogP contribution in [0.1, 0.15) is 50.3 Å². The predicted molar refractivity (Wildman–Crippen MR) is 144 cm³/mol. The normalized spacial score (nSPS) is 15.1. The number of amides is 1. The van der Waals surface area contributed by atoms with Crippen molar-refractivity contribution in [3.8, 4) is 5.88 Å². The third kappa shape index (κ3) is 6.14. The fraction of sp³-hybridized carbons (Fsp3) is 0.462. The molecule has 0 aromatic carbocycles. The van der Waals surface area contributed by atoms with Crippen LogP contribution >= 0.6 is 13.5 Å². The summed E-state index contributed by atoms with van der Waals surface area (Å²) < 4.78 is 7.59. The second-order valence-corrected chi connectivity index (χ2v) is 9.56. The zero-order valence-electron chi connectivity index (χ0n) is 21.4. The molecule has 1 atom stereocenters. The lowest BCUT2D eigenvalue weighted by Gasteiger charge is -2.38. The van der Waals surface area contributed by atoms with Crippen LogP contribution in [0, 0.1) is 12.8 Å². The molecule has 4 rings (SSSR count). The smallest absolute Gasteiger partial charge is 0.247 e. The Morgan fingerprint density at radius 1 is 1.11 bits per heavy atom. The van der Waals surface area contributed by atoms with Crippen LogP contribution in [0.4, 0.5) is 11.4 Å². The lowest BCUT2D eigenvalue weighted by Crippen LogP contribution is -2.49. The summed E-state index contributed by atoms with van der Waals surface area (Å²) in [4.78, 5) is 24.0. The van der Waals surface area contributed by atoms with Gasteiger partial charge >= 0.3 is 0 Å². The molecule has 9 heteroatoms. The van der Waals surface area contributed by atoms with E-state index in [1.807, 2.05) is 56.9 Å². The van der Waals surface area contributed by atoms with E-state index in [0.717, 1.165) is 46.9 Å². The average molecular weight is 497 g/mol. The number of hydrogen-bond acceptors (Lipinski definition) is 6. The second-order valence-electron chi connectivity index (χ2n) is 9.56. The van der Waals surface area contributed by atoms with Gasteiger partial charge in [0.1, 0.15) is 6.04 Å². The Morgan fingerprint density at radius 3 is 2.60 bits per heavy atom. The number of rotatable bonds is 8. The van der Waals surface area contributed by atoms with Gasteiger partial charge in [-0.2, -0.15) is 18.6 Å². The first-order chi connectivity index (χ1) is 16.2. The van der Waals surface area contributed by atoms with Crippen LogP contribution in [0.15, 0.2) is 36.7 Å². The van der Waals surface area contributed by atoms with Gasteiger partial charge in [-0.15, -0.1) is 0 Å². The van der Waals surface area contributed by atoms with Gasteiger partial charge in [-0.3, -0.25) is 14.5 Å². The number of aromatic nitrogens is 4. The van der Waals surface area contributed by atoms with E-state index in [4.69, 9.17) is 9.72 Å². The highest BCUT2D eigenvalue weighted by Gasteiger charge is 2.34. The minimum absolute atomic E-state index is 0. The van der Waals surface area contributed by atoms with Crippen LogP contribution in [0.5, 0.6) is 5.88 Å². The van der Waals surface area contributed by atoms with Crippen LogP contribution in [0.25, 0.3) is 0 Å². The van der Waals surface area contributed by atoms with E-state index in [-0.39, 0.29) is 37.5 Å². The molecule has 3 aromatic heterocycles. The molecule has 4 heterocycles. The minimum Gasteiger partial charge on any atom is -0.475 e. The molecule has 188 valence electrons. The lowest BCUT2D eigenvalue weighted by molar-refractivity contribution is -0.118. The first-order valence-electron chi connectivity index (χ1n) is 11.9. The summed E-state index contributed by atoms with van der Waals surface area (Å²) in [5.41, 5.74) is 5.76. The number of carbonyl (C=O) groups is 1. The molecule has 3 aromatic rings. The van der Waals surface area contributed by atoms with Crippen molar-refractivity contribution in [3.63, 3.8) is 0 Å². The zero-order chi connectivity index (χ0) is 24.4. The van der Waals surface area contributed by atoms with Gasteiger partial charge in [0.2, 0.25) is 11.8 Å². The monoisotopic (exact) mass is 496 g/mol. The highest BCUT2D eigenvalue weighted by molar-refractivity contribution is 7.59. The number of carbonyl (C=O) groups excluding carboxylic acids is 1. The van der Waals surface area contributed by atoms with Crippen molar-refractivity contribution in [1.82, 2.24) is 19.7 Å². The molecule has 0 saturated heterocycles. The van der Waals surface area contributed by atoms with Gasteiger partial charge in [-0.1, -0.05) is 19.9 Å². The maximum Gasteiger partial charge on any atom is 0.247 e. The largest absolute Gasteiger partial charge is 0.475 e. The van der Waals surface area contributed by atoms with Crippen LogP contribution in [-0.4, -0.2) is 44.8 Å². The number of fused-ring (bicyclic) bond motifs is 1. The summed E-state index contributed by atoms with van der Waals surface area (Å²) in [6.45, 7) is 10.7. The maximum atomic E-state index is 12.6. The lowest BCUT2D eigenvalue weighted by atomic mass is 9.97. The first-order valence-corrected chi connectivity index (χ1v) is 11.9. The molecular weight excluding hydrogens is 460 g/mol. The SMILES string of the molecule is Cc1nc(CCc2cnn(Cc3cccc(OC(C)C)n3)c2)cc2c1NC(=O)[C@H](C(C)C)N2C.S. The van der Waals surface area contributed by atoms with E-state index in [2.05, 4.69) is 46.4 Å². The summed E-state index contributed by atoms with van der Waals surface area (Å²) >= 11 is 0. The number of ether oxygens (including phenoxy) is 1. The summed E-state index contributed by atoms with van der Waals surface area (Å²) in [5, 5.41) is 7.57. The number of nitrogens with zero attached hydrogens (tertiary/aromatic N) is 5. The Balaban J connectivity index is 0.00000342. The summed E-state index contributed by atoms with van der Waals surface area (Å²) in [6, 6.07) is 7.73. The minimum atomic E-state index is -0.182. The van der Waals surface area contributed by atoms with Crippen LogP contribution < -0.4 is 15.0 Å². The molecule has 1 aliphatic rings. The van der Waals surface area contributed by atoms with E-state index in [0.29, 0.717) is 12.4 Å². The van der Waals surface area contributed by atoms with Gasteiger partial charge in [0.25, 0.3) is 0 Å². The van der Waals surface area contributed by atoms with Gasteiger partial charge < -0.3 is 15.0 Å². The van der Waals surface area contributed by atoms with Crippen molar-refractivity contribution in [1.29, 1.82) is 0 Å². The van der Waals surface area contributed by atoms with Crippen LogP contribution in [0.3, 0.4) is 0 Å². The van der Waals surface area contributed by atoms with Crippen LogP contribution in [0.2, 0.25) is 0 Å². The molecule has 0 unspecified atom stereocenters. The Morgan fingerprint density at radius 2 is 1.89 bits per heavy atom. The third-order valence-corrected chi connectivity index (χ3v) is 6.00. The Bertz CT molecular complexity index is 1180. The Kier molecular flexibility index (Phi) is 8.43. The third-order valence-electron chi connectivity index (χ3n) is 6.00. The zero-order valence-corrected chi connectivity index (χ0v) is 22.4. The van der Waals surface area contributed by atoms with E-state index in [1.165, 1.54) is 0 Å². The van der Waals surface area contributed by atoms with Crippen molar-refractivity contribution in [2.24, 2.45) is 5.92 Å². The number of anilines is 2. The Labute approximate surface area is 214 Å². The number of nitrogens with one attached hydrogen (secondary N) is 1. The molecule has 0 bridgehead atoms. The van der Waals surface area contributed by atoms with E-state index in [1.54, 1.807) is 0 Å². The van der Waals surface area contributed by atoms with Gasteiger partial charge in [0.15, 0.2) is 0 Å². The highest BCUT2D eigenvalue weighted by atomic mass is 32.1. The quantitative estimate of drug-likeness (QED) is 0.505. The van der Waals surface area contributed by atoms with E-state index >= 15 is 0 Å². The number of hydrogen-bond donors (Lipinski definition) is 1. The molecule has 0 fully saturated rings. The Hall–Kier alpha value is -3.07. The maximum absolute atomic E-state index is 12.6. The number of pyridine rings is 2. The van der Waals surface area contributed by atoms with Gasteiger partial charge in [-0.25, -0.2) is 4.98 Å². The molecule has 1 amide bonds. The van der Waals surface area contributed by atoms with Crippen molar-refractivity contribution in [2.45, 2.75) is 66.2 Å². The predicted octanol–water partition coefficient (Wildman–Crippen LogP) is 4.13. The van der Waals surface area contributed by atoms with Gasteiger partial charge in [-0.05, 0) is 57.2 Å². The van der Waals surface area contributed by atoms with Gasteiger partial charge in [0.05, 0.1) is 41.6 Å². The topological polar surface area (TPSA) is 85.2 Å². The van der Waals surface area contributed by atoms with Crippen molar-refractivity contribution >= 4 is 30.8 Å². The fourth-order valence-electron chi connectivity index (χ4n) is 4.47. The van der Waals surface area contributed by atoms with Crippen molar-refractivity contribution < 1.29 is 9.53 Å². The summed E-state index contributed by atoms with van der Waals surface area (Å²) in [6.07, 6.45) is 5.68. The van der Waals surface area contributed by atoms with Crippen LogP contribution in [-0.2, 0) is 24.2 Å². The average Bonchev–Trinajstić information content (AvgIpc) is 3.20. The standard InChI is InChI=1S/C26H34N6O2.H2S/c1-16(2)25-26(33)30-24-18(5)28-20(12-22(24)31(25)6)11-10-19-13-27-32(14-19)15-21-8-7-9-23(29-21)34-17(3)4;/h7-9,12-14,16-17,25H,10-11,15H2,1-6H3,(H,30,33);1H2/t25-;/m0./s1. The molecule has 35 heavy (non-hydrogen) atoms. The summed E-state index contributed by atoms with van der Waals surface area (Å²) in [5.74, 6) is 0.883. The van der Waals surface area contributed by atoms with Crippen molar-refractivity contribution in [3.05, 3.63) is 59.3 Å². The second kappa shape index (κ2) is 11.1. The molecular formula is C26H36N6O2S. The van der Waals surface area contributed by atoms with Gasteiger partial charge in [0, 0.05) is 25.0 Å². The molecule has 0 saturated carbocycles. The van der Waals surface area contributed by atoms with E-state index < -0.39 is 0 Å².